The van der Waals surface area contributed by atoms with Crippen LogP contribution in [0, 0.1) is 12.8 Å². The van der Waals surface area contributed by atoms with Crippen LogP contribution >= 0.6 is 0 Å². The summed E-state index contributed by atoms with van der Waals surface area (Å²) in [7, 11) is 0. The van der Waals surface area contributed by atoms with E-state index in [2.05, 4.69) is 65.7 Å². The number of hydrogen-bond acceptors (Lipinski definition) is 2. The monoisotopic (exact) mass is 386 g/mol. The largest absolute Gasteiger partial charge is 0.378 e. The molecule has 1 fully saturated rings. The number of amides is 1. The number of carbonyl (C=O) groups is 1. The maximum atomic E-state index is 13.1. The van der Waals surface area contributed by atoms with Gasteiger partial charge >= 0.3 is 0 Å². The van der Waals surface area contributed by atoms with Crippen molar-refractivity contribution in [1.82, 2.24) is 4.90 Å². The molecule has 1 aliphatic carbocycles. The number of anilines is 1. The summed E-state index contributed by atoms with van der Waals surface area (Å²) in [4.78, 5) is 15.2. The second kappa shape index (κ2) is 7.70. The highest BCUT2D eigenvalue weighted by molar-refractivity contribution is 5.95. The van der Waals surface area contributed by atoms with Gasteiger partial charge in [-0.25, -0.2) is 0 Å². The van der Waals surface area contributed by atoms with E-state index in [1.165, 1.54) is 35.2 Å². The summed E-state index contributed by atoms with van der Waals surface area (Å²) in [5.74, 6) is 1.09. The normalized spacial score (nSPS) is 25.7. The lowest BCUT2D eigenvalue weighted by Gasteiger charge is -2.38. The summed E-state index contributed by atoms with van der Waals surface area (Å²) >= 11 is 0. The Morgan fingerprint density at radius 1 is 1.00 bits per heavy atom. The summed E-state index contributed by atoms with van der Waals surface area (Å²) in [5.41, 5.74) is 5.95. The number of carbonyl (C=O) groups excluding carboxylic acids is 1. The predicted molar refractivity (Wildman–Crippen MR) is 118 cm³/mol. The Morgan fingerprint density at radius 2 is 1.76 bits per heavy atom. The number of aryl methyl sites for hydroxylation is 1. The molecule has 0 spiro atoms. The molecule has 0 aromatic heterocycles. The number of fused-ring (bicyclic) bond motifs is 3. The van der Waals surface area contributed by atoms with Crippen LogP contribution in [0.2, 0.25) is 0 Å². The molecule has 1 amide bonds. The Morgan fingerprint density at radius 3 is 2.52 bits per heavy atom. The second-order valence-corrected chi connectivity index (χ2v) is 8.89. The van der Waals surface area contributed by atoms with Crippen LogP contribution < -0.4 is 5.32 Å². The number of rotatable bonds is 2. The summed E-state index contributed by atoms with van der Waals surface area (Å²) < 4.78 is 0. The van der Waals surface area contributed by atoms with E-state index in [9.17, 15) is 4.79 Å². The first-order valence-electron chi connectivity index (χ1n) is 11.1. The van der Waals surface area contributed by atoms with Crippen molar-refractivity contribution in [3.8, 4) is 0 Å². The SMILES string of the molecule is Cc1ccc(C2Nc3ccc(C(=O)N4CCCCCC4)cc3C3C=CCC32)cc1. The van der Waals surface area contributed by atoms with Gasteiger partial charge in [0.1, 0.15) is 0 Å². The van der Waals surface area contributed by atoms with E-state index in [4.69, 9.17) is 0 Å². The average molecular weight is 387 g/mol. The zero-order valence-electron chi connectivity index (χ0n) is 17.2. The fourth-order valence-corrected chi connectivity index (χ4v) is 5.29. The van der Waals surface area contributed by atoms with E-state index in [0.717, 1.165) is 37.9 Å². The quantitative estimate of drug-likeness (QED) is 0.658. The average Bonchev–Trinajstić information content (AvgIpc) is 3.09. The van der Waals surface area contributed by atoms with Crippen LogP contribution in [0.1, 0.15) is 71.1 Å². The highest BCUT2D eigenvalue weighted by Crippen LogP contribution is 2.50. The molecule has 3 heteroatoms. The van der Waals surface area contributed by atoms with Crippen LogP contribution in [-0.2, 0) is 0 Å². The van der Waals surface area contributed by atoms with Crippen LogP contribution in [0.25, 0.3) is 0 Å². The van der Waals surface area contributed by atoms with Crippen molar-refractivity contribution in [2.75, 3.05) is 18.4 Å². The summed E-state index contributed by atoms with van der Waals surface area (Å²) in [6.45, 7) is 3.93. The van der Waals surface area contributed by atoms with Gasteiger partial charge in [0.25, 0.3) is 5.91 Å². The van der Waals surface area contributed by atoms with E-state index in [-0.39, 0.29) is 5.91 Å². The topological polar surface area (TPSA) is 32.3 Å². The third-order valence-corrected chi connectivity index (χ3v) is 6.94. The molecule has 3 nitrogen and oxygen atoms in total. The Labute approximate surface area is 173 Å². The Kier molecular flexibility index (Phi) is 4.91. The van der Waals surface area contributed by atoms with Gasteiger partial charge in [-0.1, -0.05) is 54.8 Å². The number of allylic oxidation sites excluding steroid dienone is 2. The molecule has 1 saturated heterocycles. The van der Waals surface area contributed by atoms with Crippen molar-refractivity contribution in [3.05, 3.63) is 76.9 Å². The molecule has 3 atom stereocenters. The first kappa shape index (κ1) is 18.5. The van der Waals surface area contributed by atoms with Gasteiger partial charge in [0, 0.05) is 30.3 Å². The second-order valence-electron chi connectivity index (χ2n) is 8.89. The minimum Gasteiger partial charge on any atom is -0.378 e. The molecule has 5 rings (SSSR count). The van der Waals surface area contributed by atoms with Crippen LogP contribution in [-0.4, -0.2) is 23.9 Å². The number of likely N-dealkylation sites (tertiary alicyclic amines) is 1. The molecule has 2 aromatic carbocycles. The first-order valence-corrected chi connectivity index (χ1v) is 11.1. The van der Waals surface area contributed by atoms with Gasteiger partial charge in [-0.3, -0.25) is 4.79 Å². The number of benzene rings is 2. The van der Waals surface area contributed by atoms with Gasteiger partial charge in [0.15, 0.2) is 0 Å². The predicted octanol–water partition coefficient (Wildman–Crippen LogP) is 5.84. The molecule has 1 N–H and O–H groups in total. The third-order valence-electron chi connectivity index (χ3n) is 6.94. The zero-order valence-corrected chi connectivity index (χ0v) is 17.2. The maximum absolute atomic E-state index is 13.1. The molecular formula is C26H30N2O. The molecule has 3 unspecified atom stereocenters. The van der Waals surface area contributed by atoms with Gasteiger partial charge in [-0.15, -0.1) is 0 Å². The number of nitrogens with one attached hydrogen (secondary N) is 1. The van der Waals surface area contributed by atoms with Gasteiger partial charge in [-0.2, -0.15) is 0 Å². The lowest BCUT2D eigenvalue weighted by molar-refractivity contribution is 0.0761. The van der Waals surface area contributed by atoms with Crippen molar-refractivity contribution in [2.24, 2.45) is 5.92 Å². The van der Waals surface area contributed by atoms with Crippen LogP contribution in [0.15, 0.2) is 54.6 Å². The molecule has 2 aliphatic heterocycles. The minimum absolute atomic E-state index is 0.203. The maximum Gasteiger partial charge on any atom is 0.253 e. The van der Waals surface area contributed by atoms with Crippen molar-refractivity contribution < 1.29 is 4.79 Å². The molecule has 2 heterocycles. The highest BCUT2D eigenvalue weighted by atomic mass is 16.2. The van der Waals surface area contributed by atoms with Crippen LogP contribution in [0.5, 0.6) is 0 Å². The molecule has 0 saturated carbocycles. The van der Waals surface area contributed by atoms with E-state index in [1.807, 2.05) is 6.07 Å². The third kappa shape index (κ3) is 3.48. The van der Waals surface area contributed by atoms with Crippen molar-refractivity contribution >= 4 is 11.6 Å². The lowest BCUT2D eigenvalue weighted by atomic mass is 9.76. The molecule has 0 bridgehead atoms. The highest BCUT2D eigenvalue weighted by Gasteiger charge is 2.38. The molecule has 150 valence electrons. The number of hydrogen-bond donors (Lipinski definition) is 1. The van der Waals surface area contributed by atoms with Gasteiger partial charge in [-0.05, 0) is 61.4 Å². The Hall–Kier alpha value is -2.55. The zero-order chi connectivity index (χ0) is 19.8. The fourth-order valence-electron chi connectivity index (χ4n) is 5.29. The van der Waals surface area contributed by atoms with E-state index < -0.39 is 0 Å². The molecule has 3 aliphatic rings. The molecule has 29 heavy (non-hydrogen) atoms. The van der Waals surface area contributed by atoms with Crippen molar-refractivity contribution in [1.29, 1.82) is 0 Å². The van der Waals surface area contributed by atoms with E-state index in [0.29, 0.717) is 17.9 Å². The fraction of sp³-hybridized carbons (Fsp3) is 0.423. The standard InChI is InChI=1S/C26H30N2O/c1-18-9-11-19(12-10-18)25-22-8-6-7-21(22)23-17-20(13-14-24(23)27-25)26(29)28-15-4-2-3-5-16-28/h6-7,9-14,17,21-22,25,27H,2-5,8,15-16H2,1H3. The smallest absolute Gasteiger partial charge is 0.253 e. The summed E-state index contributed by atoms with van der Waals surface area (Å²) in [6, 6.07) is 15.5. The number of nitrogens with zero attached hydrogens (tertiary/aromatic N) is 1. The summed E-state index contributed by atoms with van der Waals surface area (Å²) in [6.07, 6.45) is 10.5. The lowest BCUT2D eigenvalue weighted by Crippen LogP contribution is -2.33. The molecule has 2 aromatic rings. The first-order chi connectivity index (χ1) is 14.2. The Bertz CT molecular complexity index is 922. The van der Waals surface area contributed by atoms with E-state index in [1.54, 1.807) is 0 Å². The van der Waals surface area contributed by atoms with Crippen LogP contribution in [0.3, 0.4) is 0 Å². The molecular weight excluding hydrogens is 356 g/mol. The van der Waals surface area contributed by atoms with Gasteiger partial charge in [0.2, 0.25) is 0 Å². The van der Waals surface area contributed by atoms with Crippen molar-refractivity contribution in [2.45, 2.75) is 51.0 Å². The minimum atomic E-state index is 0.203. The van der Waals surface area contributed by atoms with E-state index >= 15 is 0 Å². The van der Waals surface area contributed by atoms with Crippen molar-refractivity contribution in [3.63, 3.8) is 0 Å². The molecule has 0 radical (unpaired) electrons. The summed E-state index contributed by atoms with van der Waals surface area (Å²) in [5, 5.41) is 3.79. The Balaban J connectivity index is 1.45. The van der Waals surface area contributed by atoms with Gasteiger partial charge in [0.05, 0.1) is 6.04 Å². The van der Waals surface area contributed by atoms with Gasteiger partial charge < -0.3 is 10.2 Å². The van der Waals surface area contributed by atoms with Crippen LogP contribution in [0.4, 0.5) is 5.69 Å².